The minimum absolute atomic E-state index is 0.230. The van der Waals surface area contributed by atoms with Crippen LogP contribution >= 0.6 is 0 Å². The Bertz CT molecular complexity index is 1420. The van der Waals surface area contributed by atoms with E-state index in [9.17, 15) is 13.2 Å². The van der Waals surface area contributed by atoms with Crippen LogP contribution in [0.2, 0.25) is 0 Å². The molecule has 0 radical (unpaired) electrons. The van der Waals surface area contributed by atoms with Crippen molar-refractivity contribution >= 4 is 32.4 Å². The maximum atomic E-state index is 12.8. The number of amides is 1. The van der Waals surface area contributed by atoms with Crippen LogP contribution in [0.25, 0.3) is 10.8 Å². The molecule has 1 amide bonds. The lowest BCUT2D eigenvalue weighted by Crippen LogP contribution is -2.48. The lowest BCUT2D eigenvalue weighted by molar-refractivity contribution is -0.121. The van der Waals surface area contributed by atoms with Gasteiger partial charge in [0.05, 0.1) is 18.5 Å². The van der Waals surface area contributed by atoms with Crippen molar-refractivity contribution < 1.29 is 22.7 Å². The number of benzene rings is 4. The van der Waals surface area contributed by atoms with Crippen LogP contribution in [-0.4, -0.2) is 39.8 Å². The van der Waals surface area contributed by atoms with Gasteiger partial charge in [-0.15, -0.1) is 0 Å². The van der Waals surface area contributed by atoms with E-state index in [2.05, 4.69) is 5.32 Å². The second kappa shape index (κ2) is 11.1. The summed E-state index contributed by atoms with van der Waals surface area (Å²) >= 11 is 0. The highest BCUT2D eigenvalue weighted by Gasteiger charge is 2.29. The van der Waals surface area contributed by atoms with Crippen LogP contribution in [-0.2, 0) is 14.8 Å². The van der Waals surface area contributed by atoms with Crippen molar-refractivity contribution in [3.8, 4) is 17.2 Å². The first kappa shape index (κ1) is 25.1. The molecule has 0 heterocycles. The van der Waals surface area contributed by atoms with E-state index in [0.717, 1.165) is 27.1 Å². The van der Waals surface area contributed by atoms with E-state index in [1.165, 1.54) is 0 Å². The molecule has 1 atom stereocenters. The van der Waals surface area contributed by atoms with Gasteiger partial charge in [-0.2, -0.15) is 0 Å². The number of nitrogens with zero attached hydrogens (tertiary/aromatic N) is 1. The number of para-hydroxylation sites is 1. The van der Waals surface area contributed by atoms with E-state index in [1.54, 1.807) is 31.2 Å². The maximum absolute atomic E-state index is 12.8. The molecule has 36 heavy (non-hydrogen) atoms. The molecule has 0 unspecified atom stereocenters. The molecule has 8 heteroatoms. The Morgan fingerprint density at radius 1 is 0.861 bits per heavy atom. The molecule has 186 valence electrons. The van der Waals surface area contributed by atoms with Crippen molar-refractivity contribution in [3.05, 3.63) is 97.1 Å². The summed E-state index contributed by atoms with van der Waals surface area (Å²) in [6.07, 6.45) is 1.08. The molecule has 7 nitrogen and oxygen atoms in total. The molecule has 1 N–H and O–H groups in total. The summed E-state index contributed by atoms with van der Waals surface area (Å²) in [6.45, 7) is 2.03. The van der Waals surface area contributed by atoms with E-state index in [4.69, 9.17) is 9.47 Å². The van der Waals surface area contributed by atoms with Crippen LogP contribution in [0.1, 0.15) is 6.92 Å². The van der Waals surface area contributed by atoms with Crippen molar-refractivity contribution in [3.63, 3.8) is 0 Å². The monoisotopic (exact) mass is 504 g/mol. The zero-order valence-electron chi connectivity index (χ0n) is 20.1. The Balaban J connectivity index is 1.38. The SMILES string of the molecule is C[C@H](C(=O)NCCOc1cccc2ccccc12)N(c1ccc(Oc2ccccc2)cc1)S(C)(=O)=O. The Morgan fingerprint density at radius 3 is 2.22 bits per heavy atom. The number of hydrogen-bond acceptors (Lipinski definition) is 5. The predicted octanol–water partition coefficient (Wildman–Crippen LogP) is 4.98. The number of fused-ring (bicyclic) bond motifs is 1. The van der Waals surface area contributed by atoms with Gasteiger partial charge in [0.25, 0.3) is 0 Å². The van der Waals surface area contributed by atoms with Gasteiger partial charge < -0.3 is 14.8 Å². The lowest BCUT2D eigenvalue weighted by atomic mass is 10.1. The third kappa shape index (κ3) is 6.14. The highest BCUT2D eigenvalue weighted by molar-refractivity contribution is 7.92. The zero-order valence-corrected chi connectivity index (χ0v) is 20.9. The Hall–Kier alpha value is -4.04. The number of sulfonamides is 1. The van der Waals surface area contributed by atoms with Gasteiger partial charge in [-0.25, -0.2) is 8.42 Å². The Morgan fingerprint density at radius 2 is 1.50 bits per heavy atom. The largest absolute Gasteiger partial charge is 0.491 e. The minimum Gasteiger partial charge on any atom is -0.491 e. The summed E-state index contributed by atoms with van der Waals surface area (Å²) in [6, 6.07) is 28.6. The fourth-order valence-corrected chi connectivity index (χ4v) is 5.07. The number of ether oxygens (including phenoxy) is 2. The van der Waals surface area contributed by atoms with E-state index in [1.807, 2.05) is 72.8 Å². The average molecular weight is 505 g/mol. The topological polar surface area (TPSA) is 84.9 Å². The van der Waals surface area contributed by atoms with Crippen molar-refractivity contribution in [2.75, 3.05) is 23.7 Å². The van der Waals surface area contributed by atoms with Crippen LogP contribution in [0.15, 0.2) is 97.1 Å². The molecular weight excluding hydrogens is 476 g/mol. The molecule has 0 spiro atoms. The third-order valence-corrected chi connectivity index (χ3v) is 6.81. The molecule has 0 saturated heterocycles. The van der Waals surface area contributed by atoms with Gasteiger partial charge in [-0.3, -0.25) is 9.10 Å². The van der Waals surface area contributed by atoms with Gasteiger partial charge in [-0.1, -0.05) is 54.6 Å². The van der Waals surface area contributed by atoms with Gasteiger partial charge in [0.1, 0.15) is 29.9 Å². The summed E-state index contributed by atoms with van der Waals surface area (Å²) in [5.41, 5.74) is 0.368. The van der Waals surface area contributed by atoms with E-state index >= 15 is 0 Å². The molecule has 0 aliphatic rings. The summed E-state index contributed by atoms with van der Waals surface area (Å²) in [4.78, 5) is 12.8. The first-order valence-corrected chi connectivity index (χ1v) is 13.4. The molecule has 4 aromatic rings. The van der Waals surface area contributed by atoms with Crippen molar-refractivity contribution in [2.24, 2.45) is 0 Å². The number of nitrogens with one attached hydrogen (secondary N) is 1. The predicted molar refractivity (Wildman–Crippen MR) is 142 cm³/mol. The van der Waals surface area contributed by atoms with E-state index in [0.29, 0.717) is 17.2 Å². The highest BCUT2D eigenvalue weighted by Crippen LogP contribution is 2.27. The van der Waals surface area contributed by atoms with Crippen LogP contribution in [0.5, 0.6) is 17.2 Å². The average Bonchev–Trinajstić information content (AvgIpc) is 2.87. The van der Waals surface area contributed by atoms with Crippen molar-refractivity contribution in [1.82, 2.24) is 5.32 Å². The first-order chi connectivity index (χ1) is 17.3. The lowest BCUT2D eigenvalue weighted by Gasteiger charge is -2.28. The summed E-state index contributed by atoms with van der Waals surface area (Å²) in [5, 5.41) is 4.83. The molecule has 0 fully saturated rings. The first-order valence-electron chi connectivity index (χ1n) is 11.5. The smallest absolute Gasteiger partial charge is 0.243 e. The molecule has 4 aromatic carbocycles. The zero-order chi connectivity index (χ0) is 25.5. The van der Waals surface area contributed by atoms with Crippen LogP contribution < -0.4 is 19.1 Å². The number of carbonyl (C=O) groups is 1. The molecule has 0 aromatic heterocycles. The van der Waals surface area contributed by atoms with Gasteiger partial charge in [0.2, 0.25) is 15.9 Å². The molecule has 0 aliphatic heterocycles. The Labute approximate surface area is 211 Å². The van der Waals surface area contributed by atoms with Gasteiger partial charge >= 0.3 is 0 Å². The number of anilines is 1. The standard InChI is InChI=1S/C28H28N2O5S/c1-21(28(31)29-19-20-34-27-14-8-10-22-9-6-7-13-26(22)27)30(36(2,32)33)23-15-17-25(18-16-23)35-24-11-4-3-5-12-24/h3-18,21H,19-20H2,1-2H3,(H,29,31)/t21-/m1/s1. The fraction of sp³-hybridized carbons (Fsp3) is 0.179. The second-order valence-electron chi connectivity index (χ2n) is 8.26. The van der Waals surface area contributed by atoms with Crippen LogP contribution in [0.3, 0.4) is 0 Å². The molecule has 4 rings (SSSR count). The molecule has 0 bridgehead atoms. The van der Waals surface area contributed by atoms with E-state index < -0.39 is 22.0 Å². The normalized spacial score (nSPS) is 12.1. The summed E-state index contributed by atoms with van der Waals surface area (Å²) < 4.78 is 37.9. The minimum atomic E-state index is -3.73. The van der Waals surface area contributed by atoms with Crippen LogP contribution in [0, 0.1) is 0 Å². The van der Waals surface area contributed by atoms with Crippen LogP contribution in [0.4, 0.5) is 5.69 Å². The summed E-state index contributed by atoms with van der Waals surface area (Å²) in [5.74, 6) is 1.53. The van der Waals surface area contributed by atoms with Gasteiger partial charge in [0, 0.05) is 5.39 Å². The van der Waals surface area contributed by atoms with Gasteiger partial charge in [-0.05, 0) is 54.8 Å². The van der Waals surface area contributed by atoms with E-state index in [-0.39, 0.29) is 13.2 Å². The fourth-order valence-electron chi connectivity index (χ4n) is 3.90. The highest BCUT2D eigenvalue weighted by atomic mass is 32.2. The second-order valence-corrected chi connectivity index (χ2v) is 10.1. The molecule has 0 aliphatic carbocycles. The van der Waals surface area contributed by atoms with Gasteiger partial charge in [0.15, 0.2) is 0 Å². The molecule has 0 saturated carbocycles. The third-order valence-electron chi connectivity index (χ3n) is 5.57. The number of carbonyl (C=O) groups excluding carboxylic acids is 1. The quantitative estimate of drug-likeness (QED) is 0.308. The number of hydrogen-bond donors (Lipinski definition) is 1. The number of rotatable bonds is 10. The summed E-state index contributed by atoms with van der Waals surface area (Å²) in [7, 11) is -3.73. The van der Waals surface area contributed by atoms with Crippen molar-refractivity contribution in [2.45, 2.75) is 13.0 Å². The maximum Gasteiger partial charge on any atom is 0.243 e. The molecular formula is C28H28N2O5S. The Kier molecular flexibility index (Phi) is 7.75. The van der Waals surface area contributed by atoms with Crippen molar-refractivity contribution in [1.29, 1.82) is 0 Å².